The van der Waals surface area contributed by atoms with E-state index in [1.165, 1.54) is 12.5 Å². The predicted molar refractivity (Wildman–Crippen MR) is 140 cm³/mol. The Hall–Kier alpha value is -3.36. The van der Waals surface area contributed by atoms with Gasteiger partial charge in [-0.05, 0) is 75.0 Å². The van der Waals surface area contributed by atoms with E-state index in [2.05, 4.69) is 16.3 Å². The van der Waals surface area contributed by atoms with Gasteiger partial charge >= 0.3 is 0 Å². The molecule has 37 heavy (non-hydrogen) atoms. The highest BCUT2D eigenvalue weighted by atomic mass is 16.6. The standard InChI is InChI=1S/C29H36N2O6/c1-35-23-14-12-21(13-15-23)25(32)10-7-11-28(33)30-24(18-31-16-5-6-17-31)29(34)27-20-36-19-26(37-27)22-8-3-2-4-9-22/h2-3,8,12-15,19-20,24,29,34H,4-7,9-11,16-18H2,1H3,(H,30,33)/t24-,29-/m1/s1. The number of carbonyl (C=O) groups is 2. The summed E-state index contributed by atoms with van der Waals surface area (Å²) in [5.41, 5.74) is 1.60. The van der Waals surface area contributed by atoms with Gasteiger partial charge in [0.1, 0.15) is 24.4 Å². The van der Waals surface area contributed by atoms with Crippen molar-refractivity contribution >= 4 is 11.7 Å². The van der Waals surface area contributed by atoms with Crippen LogP contribution in [0.25, 0.3) is 0 Å². The van der Waals surface area contributed by atoms with Crippen LogP contribution < -0.4 is 10.1 Å². The number of nitrogens with one attached hydrogen (secondary N) is 1. The first-order chi connectivity index (χ1) is 18.0. The molecule has 2 N–H and O–H groups in total. The highest BCUT2D eigenvalue weighted by Crippen LogP contribution is 2.28. The van der Waals surface area contributed by atoms with Crippen molar-refractivity contribution in [2.75, 3.05) is 26.7 Å². The van der Waals surface area contributed by atoms with Gasteiger partial charge in [-0.15, -0.1) is 0 Å². The molecule has 2 aliphatic heterocycles. The maximum Gasteiger partial charge on any atom is 0.220 e. The lowest BCUT2D eigenvalue weighted by atomic mass is 10.0. The Bertz CT molecular complexity index is 1070. The van der Waals surface area contributed by atoms with Crippen molar-refractivity contribution < 1.29 is 28.9 Å². The second kappa shape index (κ2) is 13.3. The number of likely N-dealkylation sites (tertiary alicyclic amines) is 1. The van der Waals surface area contributed by atoms with E-state index in [1.54, 1.807) is 31.4 Å². The summed E-state index contributed by atoms with van der Waals surface area (Å²) in [5, 5.41) is 14.2. The van der Waals surface area contributed by atoms with E-state index in [0.717, 1.165) is 44.3 Å². The molecule has 0 unspecified atom stereocenters. The number of rotatable bonds is 12. The summed E-state index contributed by atoms with van der Waals surface area (Å²) in [6.07, 6.45) is 12.7. The fraction of sp³-hybridized carbons (Fsp3) is 0.448. The number of ketones is 1. The summed E-state index contributed by atoms with van der Waals surface area (Å²) in [6.45, 7) is 2.36. The van der Waals surface area contributed by atoms with Gasteiger partial charge in [0, 0.05) is 24.9 Å². The molecule has 0 aromatic heterocycles. The third-order valence-corrected chi connectivity index (χ3v) is 6.81. The lowest BCUT2D eigenvalue weighted by molar-refractivity contribution is -0.122. The number of aliphatic hydroxyl groups is 1. The summed E-state index contributed by atoms with van der Waals surface area (Å²) in [4.78, 5) is 27.6. The van der Waals surface area contributed by atoms with Crippen LogP contribution in [0.2, 0.25) is 0 Å². The molecular formula is C29H36N2O6. The van der Waals surface area contributed by atoms with Gasteiger partial charge < -0.3 is 29.5 Å². The normalized spacial score (nSPS) is 19.0. The number of hydrogen-bond acceptors (Lipinski definition) is 7. The zero-order chi connectivity index (χ0) is 26.0. The molecule has 1 aromatic rings. The number of amides is 1. The maximum atomic E-state index is 12.8. The van der Waals surface area contributed by atoms with Crippen molar-refractivity contribution in [3.63, 3.8) is 0 Å². The molecule has 2 heterocycles. The van der Waals surface area contributed by atoms with Crippen molar-refractivity contribution in [3.8, 4) is 5.75 Å². The van der Waals surface area contributed by atoms with E-state index in [4.69, 9.17) is 14.2 Å². The quantitative estimate of drug-likeness (QED) is 0.412. The number of methoxy groups -OCH3 is 1. The van der Waals surface area contributed by atoms with E-state index in [1.807, 2.05) is 12.2 Å². The van der Waals surface area contributed by atoms with E-state index in [9.17, 15) is 14.7 Å². The van der Waals surface area contributed by atoms with Gasteiger partial charge in [0.25, 0.3) is 0 Å². The minimum absolute atomic E-state index is 0.0202. The van der Waals surface area contributed by atoms with Crippen LogP contribution in [0.4, 0.5) is 0 Å². The minimum atomic E-state index is -1.08. The van der Waals surface area contributed by atoms with Gasteiger partial charge in [-0.1, -0.05) is 18.2 Å². The third-order valence-electron chi connectivity index (χ3n) is 6.81. The molecule has 0 bridgehead atoms. The molecular weight excluding hydrogens is 472 g/mol. The zero-order valence-electron chi connectivity index (χ0n) is 21.4. The van der Waals surface area contributed by atoms with E-state index in [-0.39, 0.29) is 30.3 Å². The van der Waals surface area contributed by atoms with E-state index in [0.29, 0.717) is 30.0 Å². The minimum Gasteiger partial charge on any atom is -0.497 e. The van der Waals surface area contributed by atoms with E-state index < -0.39 is 12.1 Å². The SMILES string of the molecule is COc1ccc(C(=O)CCCC(=O)N[C@H](CN2CCCC2)[C@@H](O)C2=COC=C(C3=CC=CCC3)O2)cc1. The Labute approximate surface area is 218 Å². The molecule has 3 aliphatic rings. The van der Waals surface area contributed by atoms with Crippen LogP contribution in [0.5, 0.6) is 5.75 Å². The molecule has 198 valence electrons. The smallest absolute Gasteiger partial charge is 0.220 e. The van der Waals surface area contributed by atoms with Crippen LogP contribution in [0.3, 0.4) is 0 Å². The molecule has 0 spiro atoms. The Morgan fingerprint density at radius 3 is 2.62 bits per heavy atom. The zero-order valence-corrected chi connectivity index (χ0v) is 21.4. The monoisotopic (exact) mass is 508 g/mol. The van der Waals surface area contributed by atoms with Crippen LogP contribution in [-0.2, 0) is 14.3 Å². The average molecular weight is 509 g/mol. The van der Waals surface area contributed by atoms with Crippen LogP contribution in [0, 0.1) is 0 Å². The molecule has 2 atom stereocenters. The summed E-state index contributed by atoms with van der Waals surface area (Å²) in [6, 6.07) is 6.38. The van der Waals surface area contributed by atoms with Gasteiger partial charge in [-0.2, -0.15) is 0 Å². The fourth-order valence-corrected chi connectivity index (χ4v) is 4.69. The Morgan fingerprint density at radius 1 is 1.14 bits per heavy atom. The lowest BCUT2D eigenvalue weighted by Gasteiger charge is -2.30. The van der Waals surface area contributed by atoms with Gasteiger partial charge in [0.15, 0.2) is 17.3 Å². The maximum absolute atomic E-state index is 12.8. The number of hydrogen-bond donors (Lipinski definition) is 2. The molecule has 0 radical (unpaired) electrons. The molecule has 8 nitrogen and oxygen atoms in total. The number of allylic oxidation sites excluding steroid dienone is 4. The van der Waals surface area contributed by atoms with Gasteiger partial charge in [-0.3, -0.25) is 9.59 Å². The van der Waals surface area contributed by atoms with Crippen molar-refractivity contribution in [2.45, 2.75) is 57.1 Å². The van der Waals surface area contributed by atoms with Crippen molar-refractivity contribution in [1.82, 2.24) is 10.2 Å². The highest BCUT2D eigenvalue weighted by molar-refractivity contribution is 5.96. The Balaban J connectivity index is 1.32. The predicted octanol–water partition coefficient (Wildman–Crippen LogP) is 4.00. The van der Waals surface area contributed by atoms with E-state index >= 15 is 0 Å². The first-order valence-corrected chi connectivity index (χ1v) is 13.0. The number of aliphatic hydroxyl groups excluding tert-OH is 1. The first kappa shape index (κ1) is 26.7. The number of benzene rings is 1. The largest absolute Gasteiger partial charge is 0.497 e. The van der Waals surface area contributed by atoms with Crippen molar-refractivity contribution in [1.29, 1.82) is 0 Å². The third kappa shape index (κ3) is 7.57. The number of nitrogens with zero attached hydrogens (tertiary/aromatic N) is 1. The number of ether oxygens (including phenoxy) is 3. The first-order valence-electron chi connectivity index (χ1n) is 13.0. The summed E-state index contributed by atoms with van der Waals surface area (Å²) in [5.74, 6) is 1.31. The molecule has 1 fully saturated rings. The second-order valence-corrected chi connectivity index (χ2v) is 9.53. The van der Waals surface area contributed by atoms with Gasteiger partial charge in [-0.25, -0.2) is 0 Å². The van der Waals surface area contributed by atoms with Crippen molar-refractivity contribution in [3.05, 3.63) is 77.7 Å². The molecule has 1 amide bonds. The van der Waals surface area contributed by atoms with Crippen LogP contribution in [-0.4, -0.2) is 60.6 Å². The highest BCUT2D eigenvalue weighted by Gasteiger charge is 2.31. The summed E-state index contributed by atoms with van der Waals surface area (Å²) in [7, 11) is 1.58. The number of Topliss-reactive ketones (excluding diaryl/α,β-unsaturated/α-hetero) is 1. The number of carbonyl (C=O) groups excluding carboxylic acids is 2. The van der Waals surface area contributed by atoms with Crippen LogP contribution in [0.1, 0.15) is 55.3 Å². The van der Waals surface area contributed by atoms with Crippen LogP contribution in [0.15, 0.2) is 72.1 Å². The molecule has 8 heteroatoms. The van der Waals surface area contributed by atoms with Gasteiger partial charge in [0.05, 0.1) is 13.2 Å². The molecule has 1 aliphatic carbocycles. The Morgan fingerprint density at radius 2 is 1.92 bits per heavy atom. The lowest BCUT2D eigenvalue weighted by Crippen LogP contribution is -2.51. The molecule has 1 saturated heterocycles. The summed E-state index contributed by atoms with van der Waals surface area (Å²) >= 11 is 0. The summed E-state index contributed by atoms with van der Waals surface area (Å²) < 4.78 is 16.6. The fourth-order valence-electron chi connectivity index (χ4n) is 4.69. The van der Waals surface area contributed by atoms with Gasteiger partial charge in [0.2, 0.25) is 5.91 Å². The second-order valence-electron chi connectivity index (χ2n) is 9.53. The molecule has 0 saturated carbocycles. The molecule has 4 rings (SSSR count). The Kier molecular flexibility index (Phi) is 9.57. The molecule has 1 aromatic carbocycles. The topological polar surface area (TPSA) is 97.3 Å². The average Bonchev–Trinajstić information content (AvgIpc) is 3.46. The van der Waals surface area contributed by atoms with Crippen molar-refractivity contribution in [2.24, 2.45) is 0 Å². The van der Waals surface area contributed by atoms with Crippen LogP contribution >= 0.6 is 0 Å².